The van der Waals surface area contributed by atoms with Gasteiger partial charge in [-0.2, -0.15) is 0 Å². The summed E-state index contributed by atoms with van der Waals surface area (Å²) in [4.78, 5) is 0. The maximum Gasteiger partial charge on any atom is 0.187 e. The fourth-order valence-corrected chi connectivity index (χ4v) is 12.8. The van der Waals surface area contributed by atoms with Gasteiger partial charge in [0.2, 0.25) is 0 Å². The fraction of sp³-hybridized carbons (Fsp3) is 1.00. The highest BCUT2D eigenvalue weighted by Crippen LogP contribution is 2.49. The zero-order valence-corrected chi connectivity index (χ0v) is 40.1. The average molecular weight is 1120 g/mol. The molecule has 16 bridgehead atoms. The van der Waals surface area contributed by atoms with Crippen LogP contribution in [0.5, 0.6) is 0 Å². The van der Waals surface area contributed by atoms with Crippen LogP contribution in [0.4, 0.5) is 0 Å². The molecule has 21 heterocycles. The fourth-order valence-electron chi connectivity index (χ4n) is 11.2. The molecular formula is C42H66O32S. The third-order valence-corrected chi connectivity index (χ3v) is 16.9. The van der Waals surface area contributed by atoms with Crippen molar-refractivity contribution in [1.29, 1.82) is 0 Å². The second-order valence-electron chi connectivity index (χ2n) is 19.9. The maximum absolute atomic E-state index is 12.1. The topological polar surface area (TPSA) is 482 Å². The van der Waals surface area contributed by atoms with Crippen LogP contribution < -0.4 is 0 Å². The first-order chi connectivity index (χ1) is 35.9. The van der Waals surface area contributed by atoms with Gasteiger partial charge in [0.05, 0.1) is 62.9 Å². The van der Waals surface area contributed by atoms with E-state index in [9.17, 15) is 86.8 Å². The van der Waals surface area contributed by atoms with E-state index in [1.165, 1.54) is 0 Å². The summed E-state index contributed by atoms with van der Waals surface area (Å²) in [5.74, 6) is 0. The standard InChI is InChI=1S/C42H66O32S/c43-1-8-26-15(49)20(54)36(61-8)68-27-9(2-44)62-38(21(55)16(27)50)70-29-11(4-46)64-40(23(57)18(29)52)72-31-13(6-48)66-41-34(25(31)59)75-35-33-32(74-41)14(7-60-33)67-42(35)73-30-12(5-47)65-39(24(58)19(30)53)71-28-10(3-45)63-37(69-26)22(56)17(28)51/h8-59H,1-7H2/t8-,9-,10-,11-,12-,13-,14-,15-,16-,17-,18-,19-,20-,21-,22-,23-,24-,25+,26-,27-,28-,29-,30-,31-,32-,33+,34-,35-,36-,37-,38-,39-,40-,41-,42-/m1/s1. The largest absolute Gasteiger partial charge is 0.394 e. The molecule has 17 N–H and O–H groups in total. The van der Waals surface area contributed by atoms with Crippen LogP contribution in [0.1, 0.15) is 0 Å². The number of hydrogen-bond donors (Lipinski definition) is 17. The van der Waals surface area contributed by atoms with Gasteiger partial charge in [0, 0.05) is 0 Å². The Bertz CT molecular complexity index is 1860. The van der Waals surface area contributed by atoms with Crippen LogP contribution in [0.25, 0.3) is 0 Å². The molecule has 75 heavy (non-hydrogen) atoms. The average Bonchev–Trinajstić information content (AvgIpc) is 3.62. The van der Waals surface area contributed by atoms with Crippen LogP contribution in [0, 0.1) is 0 Å². The second-order valence-corrected chi connectivity index (χ2v) is 21.2. The molecule has 0 spiro atoms. The van der Waals surface area contributed by atoms with Crippen molar-refractivity contribution in [2.75, 3.05) is 46.2 Å². The molecule has 32 nitrogen and oxygen atoms in total. The van der Waals surface area contributed by atoms with Gasteiger partial charge >= 0.3 is 0 Å². The lowest BCUT2D eigenvalue weighted by molar-refractivity contribution is -0.395. The molecule has 21 aliphatic rings. The summed E-state index contributed by atoms with van der Waals surface area (Å²) in [6.07, 6.45) is -57.6. The molecule has 0 amide bonds. The summed E-state index contributed by atoms with van der Waals surface area (Å²) >= 11 is 0.965. The minimum atomic E-state index is -2.16. The maximum atomic E-state index is 12.1. The Balaban J connectivity index is 0.956. The molecule has 21 aliphatic heterocycles. The van der Waals surface area contributed by atoms with Gasteiger partial charge < -0.3 is 158 Å². The summed E-state index contributed by atoms with van der Waals surface area (Å²) in [5.41, 5.74) is 0. The Morgan fingerprint density at radius 3 is 0.813 bits per heavy atom. The van der Waals surface area contributed by atoms with Crippen LogP contribution in [-0.2, 0) is 71.1 Å². The normalized spacial score (nSPS) is 57.5. The summed E-state index contributed by atoms with van der Waals surface area (Å²) in [7, 11) is 0. The molecule has 21 rings (SSSR count). The molecule has 432 valence electrons. The zero-order valence-electron chi connectivity index (χ0n) is 39.3. The van der Waals surface area contributed by atoms with E-state index < -0.39 is 253 Å². The van der Waals surface area contributed by atoms with Crippen molar-refractivity contribution >= 4 is 11.8 Å². The van der Waals surface area contributed by atoms with E-state index in [1.807, 2.05) is 0 Å². The van der Waals surface area contributed by atoms with Crippen molar-refractivity contribution in [2.24, 2.45) is 0 Å². The minimum Gasteiger partial charge on any atom is -0.394 e. The zero-order chi connectivity index (χ0) is 53.5. The first-order valence-electron chi connectivity index (χ1n) is 24.5. The third kappa shape index (κ3) is 10.4. The smallest absolute Gasteiger partial charge is 0.187 e. The van der Waals surface area contributed by atoms with Gasteiger partial charge in [-0.25, -0.2) is 0 Å². The van der Waals surface area contributed by atoms with Crippen molar-refractivity contribution in [1.82, 2.24) is 0 Å². The van der Waals surface area contributed by atoms with Crippen LogP contribution in [-0.4, -0.2) is 346 Å². The van der Waals surface area contributed by atoms with Crippen LogP contribution in [0.15, 0.2) is 0 Å². The lowest BCUT2D eigenvalue weighted by Crippen LogP contribution is -2.68. The number of aliphatic hydroxyl groups excluding tert-OH is 17. The molecule has 0 aromatic rings. The summed E-state index contributed by atoms with van der Waals surface area (Å²) < 4.78 is 89.1. The highest BCUT2D eigenvalue weighted by molar-refractivity contribution is 8.00. The van der Waals surface area contributed by atoms with Crippen LogP contribution >= 0.6 is 11.8 Å². The molecule has 0 aliphatic carbocycles. The molecule has 21 fully saturated rings. The molecule has 0 saturated carbocycles. The Kier molecular flexibility index (Phi) is 18.0. The lowest BCUT2D eigenvalue weighted by atomic mass is 9.95. The van der Waals surface area contributed by atoms with Crippen molar-refractivity contribution in [3.63, 3.8) is 0 Å². The minimum absolute atomic E-state index is 0.0264. The summed E-state index contributed by atoms with van der Waals surface area (Å²) in [5, 5.41) is 187. The van der Waals surface area contributed by atoms with Crippen LogP contribution in [0.2, 0.25) is 0 Å². The highest BCUT2D eigenvalue weighted by Gasteiger charge is 2.63. The van der Waals surface area contributed by atoms with E-state index in [0.717, 1.165) is 11.8 Å². The molecule has 0 aromatic heterocycles. The summed E-state index contributed by atoms with van der Waals surface area (Å²) in [6, 6.07) is 0. The van der Waals surface area contributed by atoms with E-state index in [1.54, 1.807) is 0 Å². The highest BCUT2D eigenvalue weighted by atomic mass is 32.2. The predicted octanol–water partition coefficient (Wildman–Crippen LogP) is -12.4. The number of aliphatic hydroxyl groups is 17. The van der Waals surface area contributed by atoms with Gasteiger partial charge in [-0.05, 0) is 0 Å². The molecule has 35 atom stereocenters. The third-order valence-electron chi connectivity index (χ3n) is 15.3. The molecule has 0 radical (unpaired) electrons. The van der Waals surface area contributed by atoms with E-state index in [-0.39, 0.29) is 6.61 Å². The van der Waals surface area contributed by atoms with Gasteiger partial charge in [-0.1, -0.05) is 0 Å². The molecule has 33 heteroatoms. The van der Waals surface area contributed by atoms with Crippen molar-refractivity contribution in [3.05, 3.63) is 0 Å². The first kappa shape index (κ1) is 57.3. The molecule has 0 unspecified atom stereocenters. The van der Waals surface area contributed by atoms with Crippen LogP contribution in [0.3, 0.4) is 0 Å². The van der Waals surface area contributed by atoms with Gasteiger partial charge in [0.25, 0.3) is 0 Å². The van der Waals surface area contributed by atoms with Gasteiger partial charge in [-0.3, -0.25) is 0 Å². The second kappa shape index (κ2) is 23.5. The molecule has 21 saturated heterocycles. The Labute approximate surface area is 428 Å². The van der Waals surface area contributed by atoms with Crippen molar-refractivity contribution in [2.45, 2.75) is 213 Å². The lowest BCUT2D eigenvalue weighted by Gasteiger charge is -2.50. The van der Waals surface area contributed by atoms with E-state index in [2.05, 4.69) is 0 Å². The number of rotatable bonds is 6. The molecular weight excluding hydrogens is 1050 g/mol. The van der Waals surface area contributed by atoms with E-state index in [0.29, 0.717) is 0 Å². The number of hydrogen-bond acceptors (Lipinski definition) is 33. The van der Waals surface area contributed by atoms with E-state index in [4.69, 9.17) is 71.1 Å². The summed E-state index contributed by atoms with van der Waals surface area (Å²) in [6.45, 7) is -5.65. The van der Waals surface area contributed by atoms with Gasteiger partial charge in [-0.15, -0.1) is 11.8 Å². The van der Waals surface area contributed by atoms with Crippen molar-refractivity contribution in [3.8, 4) is 0 Å². The Hall–Kier alpha value is -0.930. The Morgan fingerprint density at radius 2 is 0.507 bits per heavy atom. The van der Waals surface area contributed by atoms with E-state index >= 15 is 0 Å². The predicted molar refractivity (Wildman–Crippen MR) is 228 cm³/mol. The first-order valence-corrected chi connectivity index (χ1v) is 25.5. The number of thioether (sulfide) groups is 1. The number of ether oxygens (including phenoxy) is 15. The van der Waals surface area contributed by atoms with Gasteiger partial charge in [0.1, 0.15) is 153 Å². The monoisotopic (exact) mass is 1110 g/mol. The van der Waals surface area contributed by atoms with Gasteiger partial charge in [0.15, 0.2) is 44.0 Å². The Morgan fingerprint density at radius 1 is 0.253 bits per heavy atom. The van der Waals surface area contributed by atoms with Crippen molar-refractivity contribution < 1.29 is 158 Å². The molecule has 0 aromatic carbocycles. The quantitative estimate of drug-likeness (QED) is 0.117. The SMILES string of the molecule is OC[C@H]1O[C@@H]2O[C@H]3[C@H](O)[C@@H](O)[C@@H](O[C@H]4[C@H](O)[C@@H](O)[C@@H](O[C@H]5[C@H](O)[C@H]6S[C@H]7[C@@H](O[C@H]8[C@H](O)[C@@H](O)[C@@H](O[C@H]9[C@H](O)[C@@H](O)[C@@H](O[C@H]1[C@H](O)[C@H]2O)O[C@@H]9CO)O[C@@H]8CO)O[C@@H]1CO[C@H]7[C@@H]1O[C@H]6O[C@@H]5CO)O[C@@H]4CO)O[C@@H]3CO.